The number of amides is 2. The van der Waals surface area contributed by atoms with Crippen molar-refractivity contribution in [3.63, 3.8) is 0 Å². The molecule has 0 aromatic heterocycles. The average molecular weight is 404 g/mol. The molecule has 1 aromatic rings. The second kappa shape index (κ2) is 9.37. The molecule has 0 aliphatic carbocycles. The zero-order valence-electron chi connectivity index (χ0n) is 17.0. The molecule has 2 aliphatic rings. The number of hydrogen-bond donors (Lipinski definition) is 0. The summed E-state index contributed by atoms with van der Waals surface area (Å²) in [5.41, 5.74) is -0.0202. The van der Waals surface area contributed by atoms with E-state index in [1.807, 2.05) is 0 Å². The van der Waals surface area contributed by atoms with Crippen molar-refractivity contribution in [2.45, 2.75) is 45.4 Å². The number of likely N-dealkylation sites (tertiary alicyclic amines) is 2. The molecular weight excluding hydrogens is 375 g/mol. The highest BCUT2D eigenvalue weighted by molar-refractivity contribution is 5.86. The Kier molecular flexibility index (Phi) is 6.87. The van der Waals surface area contributed by atoms with Crippen molar-refractivity contribution in [3.8, 4) is 0 Å². The zero-order chi connectivity index (χ0) is 20.9. The summed E-state index contributed by atoms with van der Waals surface area (Å²) in [6.45, 7) is 3.51. The minimum absolute atomic E-state index is 0.0181. The predicted molar refractivity (Wildman–Crippen MR) is 105 cm³/mol. The first-order valence-electron chi connectivity index (χ1n) is 10.4. The van der Waals surface area contributed by atoms with Crippen molar-refractivity contribution >= 4 is 17.8 Å². The standard InChI is InChI=1S/C22H29FN2O4/c1-2-29-21(28)22(14-17-7-9-18(23)10-8-17)11-5-13-25(16-22)20(27)15-24-12-4-3-6-19(24)26/h7-10H,2-6,11-16H2,1H3. The molecule has 0 bridgehead atoms. The zero-order valence-corrected chi connectivity index (χ0v) is 17.0. The summed E-state index contributed by atoms with van der Waals surface area (Å²) in [7, 11) is 0. The minimum Gasteiger partial charge on any atom is -0.466 e. The molecule has 2 amide bonds. The van der Waals surface area contributed by atoms with E-state index in [0.717, 1.165) is 18.4 Å². The van der Waals surface area contributed by atoms with Gasteiger partial charge in [-0.15, -0.1) is 0 Å². The lowest BCUT2D eigenvalue weighted by Gasteiger charge is -2.41. The maximum atomic E-state index is 13.3. The average Bonchev–Trinajstić information content (AvgIpc) is 2.72. The van der Waals surface area contributed by atoms with Crippen LogP contribution in [0.2, 0.25) is 0 Å². The molecule has 0 saturated carbocycles. The molecule has 2 aliphatic heterocycles. The monoisotopic (exact) mass is 404 g/mol. The predicted octanol–water partition coefficient (Wildman–Crippen LogP) is 2.55. The SMILES string of the molecule is CCOC(=O)C1(Cc2ccc(F)cc2)CCCN(C(=O)CN2CCCCC2=O)C1. The van der Waals surface area contributed by atoms with Crippen molar-refractivity contribution in [1.82, 2.24) is 9.80 Å². The lowest BCUT2D eigenvalue weighted by molar-refractivity contribution is -0.161. The van der Waals surface area contributed by atoms with E-state index in [9.17, 15) is 18.8 Å². The van der Waals surface area contributed by atoms with E-state index in [4.69, 9.17) is 4.74 Å². The Hall–Kier alpha value is -2.44. The van der Waals surface area contributed by atoms with E-state index in [1.165, 1.54) is 12.1 Å². The van der Waals surface area contributed by atoms with Crippen LogP contribution in [0.4, 0.5) is 4.39 Å². The van der Waals surface area contributed by atoms with Crippen LogP contribution in [0, 0.1) is 11.2 Å². The lowest BCUT2D eigenvalue weighted by atomic mass is 9.75. The van der Waals surface area contributed by atoms with Crippen LogP contribution in [0.25, 0.3) is 0 Å². The number of ether oxygens (including phenoxy) is 1. The molecule has 6 nitrogen and oxygen atoms in total. The van der Waals surface area contributed by atoms with E-state index < -0.39 is 5.41 Å². The van der Waals surface area contributed by atoms with Crippen LogP contribution in [0.3, 0.4) is 0 Å². The highest BCUT2D eigenvalue weighted by Crippen LogP contribution is 2.35. The number of carbonyl (C=O) groups is 3. The van der Waals surface area contributed by atoms with E-state index in [0.29, 0.717) is 38.8 Å². The quantitative estimate of drug-likeness (QED) is 0.684. The third kappa shape index (κ3) is 5.14. The highest BCUT2D eigenvalue weighted by atomic mass is 19.1. The van der Waals surface area contributed by atoms with Gasteiger partial charge in [0.1, 0.15) is 5.82 Å². The third-order valence-electron chi connectivity index (χ3n) is 5.84. The van der Waals surface area contributed by atoms with Gasteiger partial charge in [-0.05, 0) is 56.7 Å². The number of piperidine rings is 2. The molecule has 1 unspecified atom stereocenters. The van der Waals surface area contributed by atoms with Crippen molar-refractivity contribution < 1.29 is 23.5 Å². The molecule has 0 radical (unpaired) electrons. The van der Waals surface area contributed by atoms with Gasteiger partial charge >= 0.3 is 5.97 Å². The fourth-order valence-electron chi connectivity index (χ4n) is 4.30. The van der Waals surface area contributed by atoms with Gasteiger partial charge in [0.15, 0.2) is 0 Å². The Labute approximate surface area is 171 Å². The van der Waals surface area contributed by atoms with E-state index in [2.05, 4.69) is 0 Å². The van der Waals surface area contributed by atoms with Crippen LogP contribution in [-0.4, -0.2) is 60.4 Å². The van der Waals surface area contributed by atoms with Crippen molar-refractivity contribution in [1.29, 1.82) is 0 Å². The summed E-state index contributed by atoms with van der Waals surface area (Å²) in [4.78, 5) is 41.2. The van der Waals surface area contributed by atoms with Crippen LogP contribution in [0.5, 0.6) is 0 Å². The van der Waals surface area contributed by atoms with Gasteiger partial charge in [0.25, 0.3) is 0 Å². The number of rotatable bonds is 6. The Morgan fingerprint density at radius 3 is 2.59 bits per heavy atom. The van der Waals surface area contributed by atoms with Crippen LogP contribution in [0.15, 0.2) is 24.3 Å². The summed E-state index contributed by atoms with van der Waals surface area (Å²) in [5, 5.41) is 0. The number of hydrogen-bond acceptors (Lipinski definition) is 4. The Morgan fingerprint density at radius 2 is 1.90 bits per heavy atom. The van der Waals surface area contributed by atoms with Crippen LogP contribution in [0.1, 0.15) is 44.6 Å². The molecule has 3 rings (SSSR count). The van der Waals surface area contributed by atoms with Crippen molar-refractivity contribution in [3.05, 3.63) is 35.6 Å². The molecular formula is C22H29FN2O4. The van der Waals surface area contributed by atoms with Crippen LogP contribution in [-0.2, 0) is 25.5 Å². The molecule has 7 heteroatoms. The molecule has 158 valence electrons. The largest absolute Gasteiger partial charge is 0.466 e. The molecule has 1 atom stereocenters. The molecule has 0 N–H and O–H groups in total. The highest BCUT2D eigenvalue weighted by Gasteiger charge is 2.45. The first-order valence-corrected chi connectivity index (χ1v) is 10.4. The number of halogens is 1. The van der Waals surface area contributed by atoms with Crippen LogP contribution >= 0.6 is 0 Å². The van der Waals surface area contributed by atoms with Gasteiger partial charge in [0.2, 0.25) is 11.8 Å². The molecule has 2 saturated heterocycles. The third-order valence-corrected chi connectivity index (χ3v) is 5.84. The summed E-state index contributed by atoms with van der Waals surface area (Å²) < 4.78 is 18.6. The van der Waals surface area contributed by atoms with E-state index >= 15 is 0 Å². The van der Waals surface area contributed by atoms with Gasteiger partial charge in [-0.25, -0.2) is 4.39 Å². The second-order valence-corrected chi connectivity index (χ2v) is 8.00. The van der Waals surface area contributed by atoms with E-state index in [1.54, 1.807) is 28.9 Å². The molecule has 1 aromatic carbocycles. The Morgan fingerprint density at radius 1 is 1.14 bits per heavy atom. The topological polar surface area (TPSA) is 66.9 Å². The van der Waals surface area contributed by atoms with Gasteiger partial charge in [-0.3, -0.25) is 14.4 Å². The Bertz CT molecular complexity index is 752. The number of nitrogens with zero attached hydrogens (tertiary/aromatic N) is 2. The second-order valence-electron chi connectivity index (χ2n) is 8.00. The van der Waals surface area contributed by atoms with Gasteiger partial charge < -0.3 is 14.5 Å². The fraction of sp³-hybridized carbons (Fsp3) is 0.591. The molecule has 2 fully saturated rings. The maximum Gasteiger partial charge on any atom is 0.314 e. The normalized spacial score (nSPS) is 22.5. The summed E-state index contributed by atoms with van der Waals surface area (Å²) in [6, 6.07) is 6.09. The van der Waals surface area contributed by atoms with Gasteiger partial charge in [0.05, 0.1) is 18.6 Å². The number of esters is 1. The number of carbonyl (C=O) groups excluding carboxylic acids is 3. The molecule has 2 heterocycles. The summed E-state index contributed by atoms with van der Waals surface area (Å²) >= 11 is 0. The summed E-state index contributed by atoms with van der Waals surface area (Å²) in [6.07, 6.45) is 3.95. The lowest BCUT2D eigenvalue weighted by Crippen LogP contribution is -2.54. The van der Waals surface area contributed by atoms with Crippen molar-refractivity contribution in [2.75, 3.05) is 32.8 Å². The van der Waals surface area contributed by atoms with Crippen LogP contribution < -0.4 is 0 Å². The van der Waals surface area contributed by atoms with Crippen molar-refractivity contribution in [2.24, 2.45) is 5.41 Å². The Balaban J connectivity index is 1.75. The number of benzene rings is 1. The minimum atomic E-state index is -0.854. The molecule has 0 spiro atoms. The first kappa shape index (κ1) is 21.3. The maximum absolute atomic E-state index is 13.3. The summed E-state index contributed by atoms with van der Waals surface area (Å²) in [5.74, 6) is -0.765. The first-order chi connectivity index (χ1) is 13.9. The van der Waals surface area contributed by atoms with Gasteiger partial charge in [0, 0.05) is 26.1 Å². The van der Waals surface area contributed by atoms with Gasteiger partial charge in [-0.1, -0.05) is 12.1 Å². The smallest absolute Gasteiger partial charge is 0.314 e. The molecule has 29 heavy (non-hydrogen) atoms. The van der Waals surface area contributed by atoms with E-state index in [-0.39, 0.29) is 43.3 Å². The fourth-order valence-corrected chi connectivity index (χ4v) is 4.30. The van der Waals surface area contributed by atoms with Gasteiger partial charge in [-0.2, -0.15) is 0 Å².